The lowest BCUT2D eigenvalue weighted by Gasteiger charge is -2.37. The highest BCUT2D eigenvalue weighted by atomic mass is 16.5. The monoisotopic (exact) mass is 368 g/mol. The number of phenolic OH excluding ortho intramolecular Hbond substituents is 1. The summed E-state index contributed by atoms with van der Waals surface area (Å²) in [4.78, 5) is 13.2. The summed E-state index contributed by atoms with van der Waals surface area (Å²) >= 11 is 0. The molecule has 4 rings (SSSR count). The zero-order valence-corrected chi connectivity index (χ0v) is 15.3. The number of rotatable bonds is 2. The Labute approximate surface area is 155 Å². The first-order chi connectivity index (χ1) is 12.8. The fraction of sp³-hybridized carbons (Fsp3) is 0.286. The van der Waals surface area contributed by atoms with Crippen LogP contribution in [0.1, 0.15) is 19.4 Å². The summed E-state index contributed by atoms with van der Waals surface area (Å²) in [7, 11) is 1.58. The van der Waals surface area contributed by atoms with Gasteiger partial charge in [-0.2, -0.15) is 0 Å². The highest BCUT2D eigenvalue weighted by Crippen LogP contribution is 2.43. The van der Waals surface area contributed by atoms with Crippen LogP contribution < -0.4 is 14.9 Å². The molecule has 2 heterocycles. The van der Waals surface area contributed by atoms with Crippen molar-refractivity contribution in [3.8, 4) is 28.4 Å². The lowest BCUT2D eigenvalue weighted by Crippen LogP contribution is -2.46. The molecule has 140 valence electrons. The number of fused-ring (bicyclic) bond motifs is 3. The Kier molecular flexibility index (Phi) is 3.89. The molecule has 0 saturated carbocycles. The minimum absolute atomic E-state index is 0.0626. The van der Waals surface area contributed by atoms with Crippen molar-refractivity contribution in [2.45, 2.75) is 32.0 Å². The van der Waals surface area contributed by atoms with E-state index in [2.05, 4.69) is 0 Å². The maximum atomic E-state index is 13.2. The molecule has 2 aromatic carbocycles. The summed E-state index contributed by atoms with van der Waals surface area (Å²) in [6, 6.07) is 8.47. The number of aliphatic hydroxyl groups is 1. The lowest BCUT2D eigenvalue weighted by atomic mass is 9.89. The first kappa shape index (κ1) is 17.4. The maximum Gasteiger partial charge on any atom is 0.204 e. The molecule has 0 amide bonds. The molecule has 1 aliphatic rings. The van der Waals surface area contributed by atoms with Gasteiger partial charge in [0.15, 0.2) is 0 Å². The molecule has 0 fully saturated rings. The van der Waals surface area contributed by atoms with Gasteiger partial charge in [0.25, 0.3) is 0 Å². The van der Waals surface area contributed by atoms with Crippen molar-refractivity contribution in [2.24, 2.45) is 0 Å². The van der Waals surface area contributed by atoms with Crippen molar-refractivity contribution in [3.63, 3.8) is 0 Å². The summed E-state index contributed by atoms with van der Waals surface area (Å²) in [5, 5.41) is 20.9. The second-order valence-electron chi connectivity index (χ2n) is 7.21. The first-order valence-electron chi connectivity index (χ1n) is 8.63. The van der Waals surface area contributed by atoms with E-state index < -0.39 is 11.7 Å². The number of hydrogen-bond acceptors (Lipinski definition) is 6. The molecule has 1 aromatic heterocycles. The Morgan fingerprint density at radius 1 is 1.22 bits per heavy atom. The molecule has 27 heavy (non-hydrogen) atoms. The molecule has 1 atom stereocenters. The van der Waals surface area contributed by atoms with Gasteiger partial charge in [0.05, 0.1) is 18.8 Å². The summed E-state index contributed by atoms with van der Waals surface area (Å²) in [6.07, 6.45) is 0.766. The van der Waals surface area contributed by atoms with Crippen molar-refractivity contribution in [2.75, 3.05) is 7.11 Å². The SMILES string of the molecule is COc1ccc(-c2coc3cc(O)c4c(c3c2=O)OC(C)(C)C(O)C4)cc1. The second-order valence-corrected chi connectivity index (χ2v) is 7.21. The van der Waals surface area contributed by atoms with Crippen LogP contribution in [-0.4, -0.2) is 29.0 Å². The largest absolute Gasteiger partial charge is 0.507 e. The zero-order valence-electron chi connectivity index (χ0n) is 15.3. The Morgan fingerprint density at radius 2 is 1.93 bits per heavy atom. The van der Waals surface area contributed by atoms with Gasteiger partial charge >= 0.3 is 0 Å². The first-order valence-corrected chi connectivity index (χ1v) is 8.63. The van der Waals surface area contributed by atoms with Gasteiger partial charge in [-0.3, -0.25) is 4.79 Å². The van der Waals surface area contributed by atoms with Crippen LogP contribution in [0.15, 0.2) is 45.8 Å². The fourth-order valence-corrected chi connectivity index (χ4v) is 3.33. The van der Waals surface area contributed by atoms with Gasteiger partial charge < -0.3 is 24.1 Å². The zero-order chi connectivity index (χ0) is 19.3. The van der Waals surface area contributed by atoms with Crippen LogP contribution >= 0.6 is 0 Å². The van der Waals surface area contributed by atoms with Crippen molar-refractivity contribution < 1.29 is 24.1 Å². The molecule has 3 aromatic rings. The summed E-state index contributed by atoms with van der Waals surface area (Å²) < 4.78 is 16.7. The quantitative estimate of drug-likeness (QED) is 0.722. The van der Waals surface area contributed by atoms with Crippen molar-refractivity contribution in [3.05, 3.63) is 52.4 Å². The molecular formula is C21H20O6. The van der Waals surface area contributed by atoms with Crippen LogP contribution in [0.4, 0.5) is 0 Å². The third-order valence-corrected chi connectivity index (χ3v) is 5.07. The minimum Gasteiger partial charge on any atom is -0.507 e. The average Bonchev–Trinajstić information content (AvgIpc) is 2.63. The fourth-order valence-electron chi connectivity index (χ4n) is 3.33. The molecule has 0 saturated heterocycles. The molecule has 6 heteroatoms. The number of benzene rings is 2. The predicted molar refractivity (Wildman–Crippen MR) is 101 cm³/mol. The van der Waals surface area contributed by atoms with Gasteiger partial charge in [0, 0.05) is 18.1 Å². The summed E-state index contributed by atoms with van der Waals surface area (Å²) in [5.74, 6) is 0.891. The molecule has 1 unspecified atom stereocenters. The van der Waals surface area contributed by atoms with Gasteiger partial charge in [-0.05, 0) is 31.5 Å². The van der Waals surface area contributed by atoms with E-state index >= 15 is 0 Å². The van der Waals surface area contributed by atoms with Crippen LogP contribution in [0.2, 0.25) is 0 Å². The van der Waals surface area contributed by atoms with Crippen LogP contribution in [0.3, 0.4) is 0 Å². The number of phenols is 1. The number of methoxy groups -OCH3 is 1. The topological polar surface area (TPSA) is 89.1 Å². The molecule has 0 bridgehead atoms. The van der Waals surface area contributed by atoms with E-state index in [0.29, 0.717) is 22.4 Å². The molecule has 0 radical (unpaired) electrons. The molecule has 2 N–H and O–H groups in total. The molecular weight excluding hydrogens is 348 g/mol. The predicted octanol–water partition coefficient (Wildman–Crippen LogP) is 3.25. The van der Waals surface area contributed by atoms with E-state index in [4.69, 9.17) is 13.9 Å². The van der Waals surface area contributed by atoms with Crippen LogP contribution in [0.25, 0.3) is 22.1 Å². The van der Waals surface area contributed by atoms with E-state index in [1.54, 1.807) is 45.2 Å². The highest BCUT2D eigenvalue weighted by molar-refractivity contribution is 5.90. The number of hydrogen-bond donors (Lipinski definition) is 2. The van der Waals surface area contributed by atoms with Crippen LogP contribution in [0.5, 0.6) is 17.2 Å². The third kappa shape index (κ3) is 2.73. The standard InChI is InChI=1S/C21H20O6/c1-21(2)17(23)8-13-15(22)9-16-18(20(13)27-21)19(24)14(10-26-16)11-4-6-12(25-3)7-5-11/h4-7,9-10,17,22-23H,8H2,1-3H3. The van der Waals surface area contributed by atoms with Gasteiger partial charge in [0.1, 0.15) is 40.1 Å². The van der Waals surface area contributed by atoms with Crippen LogP contribution in [-0.2, 0) is 6.42 Å². The van der Waals surface area contributed by atoms with Crippen molar-refractivity contribution in [1.29, 1.82) is 0 Å². The number of aromatic hydroxyl groups is 1. The Balaban J connectivity index is 1.97. The van der Waals surface area contributed by atoms with Gasteiger partial charge in [0.2, 0.25) is 5.43 Å². The van der Waals surface area contributed by atoms with Crippen molar-refractivity contribution >= 4 is 11.0 Å². The van der Waals surface area contributed by atoms with Crippen LogP contribution in [0, 0.1) is 0 Å². The summed E-state index contributed by atoms with van der Waals surface area (Å²) in [6.45, 7) is 3.48. The molecule has 0 aliphatic carbocycles. The summed E-state index contributed by atoms with van der Waals surface area (Å²) in [5.41, 5.74) is 0.559. The Hall–Kier alpha value is -2.99. The minimum atomic E-state index is -0.893. The average molecular weight is 368 g/mol. The number of aliphatic hydroxyl groups excluding tert-OH is 1. The van der Waals surface area contributed by atoms with E-state index in [1.807, 2.05) is 0 Å². The van der Waals surface area contributed by atoms with E-state index in [0.717, 1.165) is 0 Å². The molecule has 0 spiro atoms. The normalized spacial score (nSPS) is 18.0. The molecule has 6 nitrogen and oxygen atoms in total. The maximum absolute atomic E-state index is 13.2. The van der Waals surface area contributed by atoms with Gasteiger partial charge in [-0.1, -0.05) is 12.1 Å². The van der Waals surface area contributed by atoms with E-state index in [9.17, 15) is 15.0 Å². The highest BCUT2D eigenvalue weighted by Gasteiger charge is 2.38. The second kappa shape index (κ2) is 6.03. The smallest absolute Gasteiger partial charge is 0.204 e. The van der Waals surface area contributed by atoms with Gasteiger partial charge in [-0.15, -0.1) is 0 Å². The van der Waals surface area contributed by atoms with Gasteiger partial charge in [-0.25, -0.2) is 0 Å². The number of ether oxygens (including phenoxy) is 2. The molecule has 1 aliphatic heterocycles. The van der Waals surface area contributed by atoms with Crippen molar-refractivity contribution in [1.82, 2.24) is 0 Å². The Bertz CT molecular complexity index is 1080. The van der Waals surface area contributed by atoms with E-state index in [1.165, 1.54) is 12.3 Å². The van der Waals surface area contributed by atoms with E-state index in [-0.39, 0.29) is 34.3 Å². The Morgan fingerprint density at radius 3 is 2.59 bits per heavy atom. The third-order valence-electron chi connectivity index (χ3n) is 5.07. The lowest BCUT2D eigenvalue weighted by molar-refractivity contribution is -0.0406.